The molecule has 0 heterocycles. The highest BCUT2D eigenvalue weighted by Crippen LogP contribution is 2.12. The predicted octanol–water partition coefficient (Wildman–Crippen LogP) is 3.04. The number of halogens is 1. The lowest BCUT2D eigenvalue weighted by molar-refractivity contribution is -0.140. The van der Waals surface area contributed by atoms with Crippen molar-refractivity contribution in [3.05, 3.63) is 34.3 Å². The molecule has 0 radical (unpaired) electrons. The van der Waals surface area contributed by atoms with E-state index in [2.05, 4.69) is 21.2 Å². The third-order valence-corrected chi connectivity index (χ3v) is 2.94. The fourth-order valence-corrected chi connectivity index (χ4v) is 2.08. The fraction of sp³-hybridized carbons (Fsp3) is 0.462. The highest BCUT2D eigenvalue weighted by molar-refractivity contribution is 9.10. The summed E-state index contributed by atoms with van der Waals surface area (Å²) in [4.78, 5) is 11.1. The van der Waals surface area contributed by atoms with Crippen LogP contribution in [0.15, 0.2) is 28.7 Å². The molecule has 0 spiro atoms. The molecule has 0 saturated carbocycles. The maximum Gasteiger partial charge on any atom is 0.320 e. The minimum atomic E-state index is -0.784. The van der Waals surface area contributed by atoms with E-state index < -0.39 is 12.0 Å². The van der Waals surface area contributed by atoms with Gasteiger partial charge in [0.05, 0.1) is 0 Å². The molecule has 0 fully saturated rings. The lowest BCUT2D eigenvalue weighted by Gasteiger charge is -2.16. The van der Waals surface area contributed by atoms with Crippen molar-refractivity contribution >= 4 is 21.9 Å². The van der Waals surface area contributed by atoms with Crippen molar-refractivity contribution in [1.29, 1.82) is 0 Å². The van der Waals surface area contributed by atoms with Crippen LogP contribution in [-0.2, 0) is 11.3 Å². The molecule has 1 aromatic rings. The summed E-state index contributed by atoms with van der Waals surface area (Å²) >= 11 is 3.39. The van der Waals surface area contributed by atoms with Gasteiger partial charge in [0.15, 0.2) is 0 Å². The van der Waals surface area contributed by atoms with Crippen molar-refractivity contribution in [3.63, 3.8) is 0 Å². The van der Waals surface area contributed by atoms with Crippen LogP contribution in [0.25, 0.3) is 0 Å². The van der Waals surface area contributed by atoms with Crippen LogP contribution in [0.4, 0.5) is 0 Å². The number of hydrogen-bond donors (Lipinski definition) is 2. The number of rotatable bonds is 6. The molecule has 1 unspecified atom stereocenters. The molecule has 1 rings (SSSR count). The summed E-state index contributed by atoms with van der Waals surface area (Å²) in [5.41, 5.74) is 1.08. The van der Waals surface area contributed by atoms with Gasteiger partial charge < -0.3 is 10.4 Å². The van der Waals surface area contributed by atoms with Gasteiger partial charge in [-0.25, -0.2) is 0 Å². The first kappa shape index (κ1) is 14.2. The van der Waals surface area contributed by atoms with E-state index in [4.69, 9.17) is 5.11 Å². The minimum absolute atomic E-state index is 0.367. The number of carboxylic acid groups (broad SMARTS) is 1. The number of carboxylic acids is 1. The van der Waals surface area contributed by atoms with Crippen molar-refractivity contribution < 1.29 is 9.90 Å². The molecule has 0 aromatic heterocycles. The quantitative estimate of drug-likeness (QED) is 0.849. The van der Waals surface area contributed by atoms with Gasteiger partial charge >= 0.3 is 5.97 Å². The number of benzene rings is 1. The number of nitrogens with one attached hydrogen (secondary N) is 1. The van der Waals surface area contributed by atoms with Gasteiger partial charge in [0.2, 0.25) is 0 Å². The summed E-state index contributed by atoms with van der Waals surface area (Å²) in [6, 6.07) is 7.38. The average molecular weight is 300 g/mol. The van der Waals surface area contributed by atoms with E-state index in [1.54, 1.807) is 0 Å². The van der Waals surface area contributed by atoms with Gasteiger partial charge in [0.1, 0.15) is 6.04 Å². The van der Waals surface area contributed by atoms with Crippen LogP contribution in [0.5, 0.6) is 0 Å². The third kappa shape index (κ3) is 5.33. The van der Waals surface area contributed by atoms with Crippen LogP contribution < -0.4 is 5.32 Å². The molecule has 4 heteroatoms. The SMILES string of the molecule is CC(C)CC(NCc1cccc(Br)c1)C(=O)O. The van der Waals surface area contributed by atoms with Gasteiger partial charge in [-0.2, -0.15) is 0 Å². The second-order valence-corrected chi connectivity index (χ2v) is 5.45. The van der Waals surface area contributed by atoms with Crippen molar-refractivity contribution in [2.45, 2.75) is 32.9 Å². The summed E-state index contributed by atoms with van der Waals surface area (Å²) in [7, 11) is 0. The smallest absolute Gasteiger partial charge is 0.320 e. The van der Waals surface area contributed by atoms with Crippen LogP contribution in [-0.4, -0.2) is 17.1 Å². The van der Waals surface area contributed by atoms with E-state index in [9.17, 15) is 4.79 Å². The van der Waals surface area contributed by atoms with Gasteiger partial charge in [-0.05, 0) is 30.0 Å². The molecular formula is C13H18BrNO2. The van der Waals surface area contributed by atoms with Crippen molar-refractivity contribution in [1.82, 2.24) is 5.32 Å². The monoisotopic (exact) mass is 299 g/mol. The molecule has 0 aliphatic carbocycles. The number of hydrogen-bond acceptors (Lipinski definition) is 2. The Morgan fingerprint density at radius 3 is 2.71 bits per heavy atom. The highest BCUT2D eigenvalue weighted by Gasteiger charge is 2.17. The topological polar surface area (TPSA) is 49.3 Å². The second-order valence-electron chi connectivity index (χ2n) is 4.53. The van der Waals surface area contributed by atoms with Gasteiger partial charge in [-0.1, -0.05) is 41.9 Å². The standard InChI is InChI=1S/C13H18BrNO2/c1-9(2)6-12(13(16)17)15-8-10-4-3-5-11(14)7-10/h3-5,7,9,12,15H,6,8H2,1-2H3,(H,16,17). The van der Waals surface area contributed by atoms with E-state index >= 15 is 0 Å². The molecule has 3 nitrogen and oxygen atoms in total. The maximum absolute atomic E-state index is 11.1. The van der Waals surface area contributed by atoms with Gasteiger partial charge in [-0.3, -0.25) is 4.79 Å². The Morgan fingerprint density at radius 2 is 2.18 bits per heavy atom. The Bertz CT molecular complexity index is 379. The summed E-state index contributed by atoms with van der Waals surface area (Å²) in [6.45, 7) is 4.62. The van der Waals surface area contributed by atoms with Crippen LogP contribution in [0.3, 0.4) is 0 Å². The summed E-state index contributed by atoms with van der Waals surface area (Å²) in [5, 5.41) is 12.2. The molecule has 2 N–H and O–H groups in total. The number of aliphatic carboxylic acids is 1. The third-order valence-electron chi connectivity index (χ3n) is 2.45. The molecule has 0 amide bonds. The first-order valence-electron chi connectivity index (χ1n) is 5.69. The van der Waals surface area contributed by atoms with Gasteiger partial charge in [0, 0.05) is 11.0 Å². The van der Waals surface area contributed by atoms with Crippen molar-refractivity contribution in [2.24, 2.45) is 5.92 Å². The van der Waals surface area contributed by atoms with E-state index in [1.165, 1.54) is 0 Å². The van der Waals surface area contributed by atoms with Crippen LogP contribution in [0.1, 0.15) is 25.8 Å². The molecular weight excluding hydrogens is 282 g/mol. The van der Waals surface area contributed by atoms with E-state index in [1.807, 2.05) is 38.1 Å². The van der Waals surface area contributed by atoms with Crippen molar-refractivity contribution in [3.8, 4) is 0 Å². The normalized spacial score (nSPS) is 12.7. The largest absolute Gasteiger partial charge is 0.480 e. The molecule has 1 atom stereocenters. The van der Waals surface area contributed by atoms with E-state index in [0.29, 0.717) is 18.9 Å². The molecule has 0 bridgehead atoms. The fourth-order valence-electron chi connectivity index (χ4n) is 1.63. The average Bonchev–Trinajstić information content (AvgIpc) is 2.23. The van der Waals surface area contributed by atoms with Gasteiger partial charge in [-0.15, -0.1) is 0 Å². The lowest BCUT2D eigenvalue weighted by atomic mass is 10.0. The van der Waals surface area contributed by atoms with Crippen molar-refractivity contribution in [2.75, 3.05) is 0 Å². The molecule has 0 saturated heterocycles. The minimum Gasteiger partial charge on any atom is -0.480 e. The summed E-state index contributed by atoms with van der Waals surface area (Å²) < 4.78 is 1.01. The maximum atomic E-state index is 11.1. The lowest BCUT2D eigenvalue weighted by Crippen LogP contribution is -2.37. The molecule has 0 aliphatic rings. The van der Waals surface area contributed by atoms with E-state index in [0.717, 1.165) is 10.0 Å². The van der Waals surface area contributed by atoms with Crippen LogP contribution in [0, 0.1) is 5.92 Å². The Labute approximate surface area is 110 Å². The van der Waals surface area contributed by atoms with Gasteiger partial charge in [0.25, 0.3) is 0 Å². The highest BCUT2D eigenvalue weighted by atomic mass is 79.9. The summed E-state index contributed by atoms with van der Waals surface area (Å²) in [6.07, 6.45) is 0.642. The molecule has 0 aliphatic heterocycles. The second kappa shape index (κ2) is 6.77. The Balaban J connectivity index is 2.54. The first-order chi connectivity index (χ1) is 7.99. The van der Waals surface area contributed by atoms with E-state index in [-0.39, 0.29) is 0 Å². The predicted molar refractivity (Wildman–Crippen MR) is 71.9 cm³/mol. The summed E-state index contributed by atoms with van der Waals surface area (Å²) in [5.74, 6) is -0.417. The molecule has 1 aromatic carbocycles. The Kier molecular flexibility index (Phi) is 5.65. The van der Waals surface area contributed by atoms with Crippen LogP contribution >= 0.6 is 15.9 Å². The first-order valence-corrected chi connectivity index (χ1v) is 6.49. The van der Waals surface area contributed by atoms with Crippen LogP contribution in [0.2, 0.25) is 0 Å². The zero-order chi connectivity index (χ0) is 12.8. The Hall–Kier alpha value is -0.870. The number of carbonyl (C=O) groups is 1. The zero-order valence-corrected chi connectivity index (χ0v) is 11.7. The Morgan fingerprint density at radius 1 is 1.47 bits per heavy atom. The molecule has 17 heavy (non-hydrogen) atoms. The molecule has 94 valence electrons. The zero-order valence-electron chi connectivity index (χ0n) is 10.1.